The lowest BCUT2D eigenvalue weighted by Gasteiger charge is -2.11. The van der Waals surface area contributed by atoms with Crippen molar-refractivity contribution < 1.29 is 0 Å². The van der Waals surface area contributed by atoms with Gasteiger partial charge in [-0.3, -0.25) is 0 Å². The van der Waals surface area contributed by atoms with E-state index in [1.807, 2.05) is 103 Å². The van der Waals surface area contributed by atoms with Crippen molar-refractivity contribution in [3.05, 3.63) is 159 Å². The van der Waals surface area contributed by atoms with Crippen LogP contribution in [0.3, 0.4) is 0 Å². The van der Waals surface area contributed by atoms with Crippen LogP contribution in [0.15, 0.2) is 146 Å². The van der Waals surface area contributed by atoms with Crippen LogP contribution in [-0.4, -0.2) is 16.4 Å². The number of halogens is 2. The Hall–Kier alpha value is -3.67. The molecule has 1 heterocycles. The van der Waals surface area contributed by atoms with E-state index in [2.05, 4.69) is 56.1 Å². The molecule has 0 aliphatic rings. The predicted molar refractivity (Wildman–Crippen MR) is 156 cm³/mol. The van der Waals surface area contributed by atoms with Gasteiger partial charge in [0.2, 0.25) is 0 Å². The first-order valence-electron chi connectivity index (χ1n) is 11.4. The fourth-order valence-corrected chi connectivity index (χ4v) is 4.25. The molecule has 174 valence electrons. The van der Waals surface area contributed by atoms with E-state index in [-0.39, 0.29) is 0 Å². The van der Waals surface area contributed by atoms with Crippen molar-refractivity contribution in [2.75, 3.05) is 0 Å². The Morgan fingerprint density at radius 2 is 0.833 bits per heavy atom. The number of benzene rings is 4. The molecule has 0 radical (unpaired) electrons. The topological polar surface area (TPSA) is 37.6 Å². The third-order valence-electron chi connectivity index (χ3n) is 5.46. The number of hydrogen-bond acceptors (Lipinski definition) is 3. The molecule has 5 aromatic rings. The second-order valence-electron chi connectivity index (χ2n) is 8.01. The zero-order chi connectivity index (χ0) is 24.7. The van der Waals surface area contributed by atoms with Crippen LogP contribution in [0.2, 0.25) is 0 Å². The van der Waals surface area contributed by atoms with Gasteiger partial charge in [0, 0.05) is 20.1 Å². The average Bonchev–Trinajstić information content (AvgIpc) is 2.93. The third kappa shape index (κ3) is 5.93. The highest BCUT2D eigenvalue weighted by atomic mass is 79.9. The smallest absolute Gasteiger partial charge is 0.0965 e. The minimum atomic E-state index is 0.779. The quantitative estimate of drug-likeness (QED) is 0.181. The lowest BCUT2D eigenvalue weighted by atomic mass is 10.0. The van der Waals surface area contributed by atoms with Gasteiger partial charge in [-0.2, -0.15) is 0 Å². The van der Waals surface area contributed by atoms with Crippen molar-refractivity contribution in [2.45, 2.75) is 0 Å². The van der Waals surface area contributed by atoms with E-state index in [0.717, 1.165) is 54.3 Å². The van der Waals surface area contributed by atoms with E-state index in [0.29, 0.717) is 0 Å². The molecule has 0 atom stereocenters. The molecule has 3 nitrogen and oxygen atoms in total. The summed E-state index contributed by atoms with van der Waals surface area (Å²) in [7, 11) is 0. The molecule has 0 N–H and O–H groups in total. The molecule has 0 saturated carbocycles. The maximum absolute atomic E-state index is 5.07. The summed E-state index contributed by atoms with van der Waals surface area (Å²) in [6.07, 6.45) is 0. The first-order chi connectivity index (χ1) is 17.7. The van der Waals surface area contributed by atoms with E-state index in [9.17, 15) is 0 Å². The van der Waals surface area contributed by atoms with Crippen molar-refractivity contribution in [1.82, 2.24) is 4.98 Å². The summed E-state index contributed by atoms with van der Waals surface area (Å²) < 4.78 is 2.03. The van der Waals surface area contributed by atoms with Crippen molar-refractivity contribution in [3.63, 3.8) is 0 Å². The van der Waals surface area contributed by atoms with Gasteiger partial charge in [0.15, 0.2) is 0 Å². The van der Waals surface area contributed by atoms with Gasteiger partial charge in [-0.25, -0.2) is 15.0 Å². The number of rotatable bonds is 6. The molecule has 0 saturated heterocycles. The summed E-state index contributed by atoms with van der Waals surface area (Å²) in [6.45, 7) is 0. The molecule has 0 unspecified atom stereocenters. The number of pyridine rings is 1. The predicted octanol–water partition coefficient (Wildman–Crippen LogP) is 8.94. The second-order valence-corrected chi connectivity index (χ2v) is 9.85. The normalized spacial score (nSPS) is 11.9. The molecule has 5 rings (SSSR count). The van der Waals surface area contributed by atoms with Crippen LogP contribution in [-0.2, 0) is 0 Å². The molecule has 5 heteroatoms. The van der Waals surface area contributed by atoms with E-state index in [1.54, 1.807) is 0 Å². The monoisotopic (exact) mass is 593 g/mol. The Kier molecular flexibility index (Phi) is 7.60. The summed E-state index contributed by atoms with van der Waals surface area (Å²) in [5, 5.41) is 0. The largest absolute Gasteiger partial charge is 0.246 e. The Bertz CT molecular complexity index is 1400. The van der Waals surface area contributed by atoms with Crippen LogP contribution < -0.4 is 0 Å². The summed E-state index contributed by atoms with van der Waals surface area (Å²) in [4.78, 5) is 15.1. The van der Waals surface area contributed by atoms with E-state index >= 15 is 0 Å². The molecular weight excluding hydrogens is 574 g/mol. The van der Waals surface area contributed by atoms with Crippen molar-refractivity contribution in [1.29, 1.82) is 0 Å². The highest BCUT2D eigenvalue weighted by Gasteiger charge is 2.14. The fraction of sp³-hybridized carbons (Fsp3) is 0. The van der Waals surface area contributed by atoms with Gasteiger partial charge in [-0.05, 0) is 60.7 Å². The van der Waals surface area contributed by atoms with Crippen LogP contribution in [0.5, 0.6) is 0 Å². The van der Waals surface area contributed by atoms with E-state index in [4.69, 9.17) is 15.0 Å². The summed E-state index contributed by atoms with van der Waals surface area (Å²) in [6, 6.07) is 42.2. The van der Waals surface area contributed by atoms with Crippen molar-refractivity contribution in [2.24, 2.45) is 9.98 Å². The standard InChI is InChI=1S/C31H21Br2N3/c32-24-14-18-26(19-15-24)34-30(22-8-3-1-4-9-22)28-12-7-13-29(36-28)31(23-10-5-2-6-11-23)35-27-20-16-25(33)17-21-27/h1-21H/b34-30+,35-31+. The third-order valence-corrected chi connectivity index (χ3v) is 6.52. The van der Waals surface area contributed by atoms with Gasteiger partial charge >= 0.3 is 0 Å². The van der Waals surface area contributed by atoms with Crippen LogP contribution in [0.1, 0.15) is 22.5 Å². The maximum atomic E-state index is 5.07. The van der Waals surface area contributed by atoms with E-state index in [1.165, 1.54) is 0 Å². The molecule has 4 aromatic carbocycles. The summed E-state index contributed by atoms with van der Waals surface area (Å²) in [5.74, 6) is 0. The molecule has 0 fully saturated rings. The van der Waals surface area contributed by atoms with Gasteiger partial charge in [-0.15, -0.1) is 0 Å². The first-order valence-corrected chi connectivity index (χ1v) is 13.0. The molecule has 1 aromatic heterocycles. The zero-order valence-electron chi connectivity index (χ0n) is 19.2. The number of nitrogens with zero attached hydrogens (tertiary/aromatic N) is 3. The van der Waals surface area contributed by atoms with Crippen LogP contribution in [0.4, 0.5) is 11.4 Å². The second kappa shape index (κ2) is 11.4. The minimum Gasteiger partial charge on any atom is -0.246 e. The summed E-state index contributed by atoms with van der Waals surface area (Å²) >= 11 is 7.01. The molecule has 0 bridgehead atoms. The van der Waals surface area contributed by atoms with Crippen LogP contribution in [0.25, 0.3) is 0 Å². The van der Waals surface area contributed by atoms with Crippen molar-refractivity contribution in [3.8, 4) is 0 Å². The Morgan fingerprint density at radius 3 is 1.22 bits per heavy atom. The zero-order valence-corrected chi connectivity index (χ0v) is 22.4. The lowest BCUT2D eigenvalue weighted by Crippen LogP contribution is -2.11. The minimum absolute atomic E-state index is 0.779. The highest BCUT2D eigenvalue weighted by Crippen LogP contribution is 2.23. The molecule has 0 aliphatic heterocycles. The molecule has 36 heavy (non-hydrogen) atoms. The molecule has 0 aliphatic carbocycles. The Balaban J connectivity index is 1.65. The first kappa shape index (κ1) is 24.0. The van der Waals surface area contributed by atoms with Gasteiger partial charge in [-0.1, -0.05) is 98.6 Å². The Morgan fingerprint density at radius 1 is 0.444 bits per heavy atom. The maximum Gasteiger partial charge on any atom is 0.0965 e. The van der Waals surface area contributed by atoms with Gasteiger partial charge < -0.3 is 0 Å². The average molecular weight is 595 g/mol. The van der Waals surface area contributed by atoms with Crippen LogP contribution in [0, 0.1) is 0 Å². The van der Waals surface area contributed by atoms with Crippen LogP contribution >= 0.6 is 31.9 Å². The SMILES string of the molecule is Brc1ccc(/N=C(\c2ccccc2)c2cccc(/C(=N/c3ccc(Br)cc3)c3ccccc3)n2)cc1. The highest BCUT2D eigenvalue weighted by molar-refractivity contribution is 9.10. The molecule has 0 spiro atoms. The number of aliphatic imine (C=N–C) groups is 2. The van der Waals surface area contributed by atoms with Crippen molar-refractivity contribution >= 4 is 54.7 Å². The fourth-order valence-electron chi connectivity index (χ4n) is 3.72. The number of hydrogen-bond donors (Lipinski definition) is 0. The van der Waals surface area contributed by atoms with Gasteiger partial charge in [0.1, 0.15) is 0 Å². The lowest BCUT2D eigenvalue weighted by molar-refractivity contribution is 1.24. The number of aromatic nitrogens is 1. The van der Waals surface area contributed by atoms with Gasteiger partial charge in [0.05, 0.1) is 34.2 Å². The molecular formula is C31H21Br2N3. The van der Waals surface area contributed by atoms with E-state index < -0.39 is 0 Å². The van der Waals surface area contributed by atoms with Gasteiger partial charge in [0.25, 0.3) is 0 Å². The summed E-state index contributed by atoms with van der Waals surface area (Å²) in [5.41, 5.74) is 6.87. The Labute approximate surface area is 227 Å². The molecule has 0 amide bonds.